The zero-order chi connectivity index (χ0) is 11.0. The number of alkyl halides is 2. The molecule has 2 unspecified atom stereocenters. The van der Waals surface area contributed by atoms with E-state index in [2.05, 4.69) is 0 Å². The van der Waals surface area contributed by atoms with Crippen molar-refractivity contribution in [2.75, 3.05) is 5.75 Å². The van der Waals surface area contributed by atoms with Gasteiger partial charge >= 0.3 is 0 Å². The van der Waals surface area contributed by atoms with E-state index in [0.717, 1.165) is 0 Å². The first-order valence-corrected chi connectivity index (χ1v) is 5.98. The Morgan fingerprint density at radius 1 is 1.43 bits per heavy atom. The van der Waals surface area contributed by atoms with Gasteiger partial charge in [-0.25, -0.2) is 8.78 Å². The average Bonchev–Trinajstić information content (AvgIpc) is 2.10. The second kappa shape index (κ2) is 8.21. The van der Waals surface area contributed by atoms with Crippen molar-refractivity contribution < 1.29 is 13.6 Å². The molecule has 0 heterocycles. The molecule has 0 aromatic heterocycles. The number of hydrogen-bond acceptors (Lipinski definition) is 2. The molecule has 0 aliphatic carbocycles. The van der Waals surface area contributed by atoms with Crippen LogP contribution in [0.5, 0.6) is 0 Å². The van der Waals surface area contributed by atoms with Gasteiger partial charge in [-0.15, -0.1) is 0 Å². The molecule has 0 aliphatic rings. The average molecular weight is 224 g/mol. The third-order valence-electron chi connectivity index (χ3n) is 1.79. The summed E-state index contributed by atoms with van der Waals surface area (Å²) >= 11 is 1.24. The molecule has 0 saturated carbocycles. The van der Waals surface area contributed by atoms with Crippen molar-refractivity contribution in [3.63, 3.8) is 0 Å². The predicted octanol–water partition coefficient (Wildman–Crippen LogP) is 3.52. The largest absolute Gasteiger partial charge is 0.287 e. The van der Waals surface area contributed by atoms with E-state index in [1.54, 1.807) is 6.92 Å². The molecule has 0 radical (unpaired) electrons. The number of hydrogen-bond donors (Lipinski definition) is 0. The first kappa shape index (κ1) is 13.9. The van der Waals surface area contributed by atoms with E-state index < -0.39 is 12.3 Å². The van der Waals surface area contributed by atoms with Crippen LogP contribution in [0.1, 0.15) is 39.5 Å². The number of thioether (sulfide) groups is 1. The van der Waals surface area contributed by atoms with Crippen LogP contribution in [0.4, 0.5) is 8.78 Å². The molecule has 0 spiro atoms. The lowest BCUT2D eigenvalue weighted by Gasteiger charge is -2.07. The Balaban J connectivity index is 3.31. The molecule has 4 heteroatoms. The van der Waals surface area contributed by atoms with E-state index in [1.165, 1.54) is 18.7 Å². The van der Waals surface area contributed by atoms with Gasteiger partial charge in [0.25, 0.3) is 0 Å². The van der Waals surface area contributed by atoms with Crippen LogP contribution in [-0.4, -0.2) is 23.2 Å². The summed E-state index contributed by atoms with van der Waals surface area (Å²) in [5.74, 6) is 0.647. The summed E-state index contributed by atoms with van der Waals surface area (Å²) in [4.78, 5) is 10.8. The lowest BCUT2D eigenvalue weighted by atomic mass is 10.1. The summed E-state index contributed by atoms with van der Waals surface area (Å²) < 4.78 is 25.3. The van der Waals surface area contributed by atoms with E-state index >= 15 is 0 Å². The SMILES string of the molecule is CCC(=O)SCCCC(F)CC(C)F. The second-order valence-corrected chi connectivity index (χ2v) is 4.48. The van der Waals surface area contributed by atoms with Gasteiger partial charge in [-0.05, 0) is 19.8 Å². The zero-order valence-electron chi connectivity index (χ0n) is 8.76. The molecule has 0 saturated heterocycles. The van der Waals surface area contributed by atoms with E-state index in [-0.39, 0.29) is 11.5 Å². The van der Waals surface area contributed by atoms with Crippen LogP contribution in [0.2, 0.25) is 0 Å². The Kier molecular flexibility index (Phi) is 8.14. The highest BCUT2D eigenvalue weighted by Gasteiger charge is 2.10. The molecule has 14 heavy (non-hydrogen) atoms. The first-order chi connectivity index (χ1) is 6.56. The predicted molar refractivity (Wildman–Crippen MR) is 57.1 cm³/mol. The maximum absolute atomic E-state index is 12.9. The van der Waals surface area contributed by atoms with E-state index in [1.807, 2.05) is 0 Å². The highest BCUT2D eigenvalue weighted by molar-refractivity contribution is 8.13. The molecule has 0 aliphatic heterocycles. The van der Waals surface area contributed by atoms with Crippen LogP contribution in [0.25, 0.3) is 0 Å². The maximum Gasteiger partial charge on any atom is 0.188 e. The highest BCUT2D eigenvalue weighted by Crippen LogP contribution is 2.14. The van der Waals surface area contributed by atoms with Crippen molar-refractivity contribution >= 4 is 16.9 Å². The summed E-state index contributed by atoms with van der Waals surface area (Å²) in [7, 11) is 0. The number of carbonyl (C=O) groups excluding carboxylic acids is 1. The van der Waals surface area contributed by atoms with Crippen molar-refractivity contribution in [2.24, 2.45) is 0 Å². The van der Waals surface area contributed by atoms with Crippen molar-refractivity contribution in [3.05, 3.63) is 0 Å². The van der Waals surface area contributed by atoms with Gasteiger partial charge in [-0.1, -0.05) is 18.7 Å². The summed E-state index contributed by atoms with van der Waals surface area (Å²) in [6.07, 6.45) is -0.637. The quantitative estimate of drug-likeness (QED) is 0.615. The van der Waals surface area contributed by atoms with Gasteiger partial charge in [0.05, 0.1) is 0 Å². The molecular formula is C10H18F2OS. The van der Waals surface area contributed by atoms with Gasteiger partial charge < -0.3 is 0 Å². The maximum atomic E-state index is 12.9. The van der Waals surface area contributed by atoms with Gasteiger partial charge in [0, 0.05) is 18.6 Å². The van der Waals surface area contributed by atoms with Crippen molar-refractivity contribution in [1.82, 2.24) is 0 Å². The Hall–Kier alpha value is -0.120. The lowest BCUT2D eigenvalue weighted by molar-refractivity contribution is -0.110. The molecule has 0 N–H and O–H groups in total. The lowest BCUT2D eigenvalue weighted by Crippen LogP contribution is -2.07. The van der Waals surface area contributed by atoms with Gasteiger partial charge in [0.1, 0.15) is 12.3 Å². The van der Waals surface area contributed by atoms with Crippen LogP contribution >= 0.6 is 11.8 Å². The molecule has 0 aromatic rings. The molecule has 0 fully saturated rings. The monoisotopic (exact) mass is 224 g/mol. The minimum absolute atomic E-state index is 0.0214. The highest BCUT2D eigenvalue weighted by atomic mass is 32.2. The van der Waals surface area contributed by atoms with Gasteiger partial charge in [-0.2, -0.15) is 0 Å². The number of halogens is 2. The number of rotatable bonds is 7. The Bertz CT molecular complexity index is 162. The standard InChI is InChI=1S/C10H18F2OS/c1-3-10(13)14-6-4-5-9(12)7-8(2)11/h8-9H,3-7H2,1-2H3. The summed E-state index contributed by atoms with van der Waals surface area (Å²) in [5, 5.41) is 0.138. The van der Waals surface area contributed by atoms with Gasteiger partial charge in [-0.3, -0.25) is 4.79 Å². The van der Waals surface area contributed by atoms with Gasteiger partial charge in [0.2, 0.25) is 0 Å². The molecule has 1 nitrogen and oxygen atoms in total. The van der Waals surface area contributed by atoms with Crippen LogP contribution in [0.15, 0.2) is 0 Å². The Morgan fingerprint density at radius 2 is 2.07 bits per heavy atom. The topological polar surface area (TPSA) is 17.1 Å². The van der Waals surface area contributed by atoms with Crippen LogP contribution in [0.3, 0.4) is 0 Å². The van der Waals surface area contributed by atoms with Crippen molar-refractivity contribution in [2.45, 2.75) is 51.9 Å². The summed E-state index contributed by atoms with van der Waals surface area (Å²) in [5.41, 5.74) is 0. The smallest absolute Gasteiger partial charge is 0.188 e. The number of carbonyl (C=O) groups is 1. The molecular weight excluding hydrogens is 206 g/mol. The Labute approximate surface area is 88.6 Å². The first-order valence-electron chi connectivity index (χ1n) is 5.00. The van der Waals surface area contributed by atoms with Gasteiger partial charge in [0.15, 0.2) is 5.12 Å². The van der Waals surface area contributed by atoms with Crippen molar-refractivity contribution in [1.29, 1.82) is 0 Å². The third kappa shape index (κ3) is 8.48. The fourth-order valence-corrected chi connectivity index (χ4v) is 1.81. The third-order valence-corrected chi connectivity index (χ3v) is 2.90. The van der Waals surface area contributed by atoms with E-state index in [0.29, 0.717) is 25.0 Å². The van der Waals surface area contributed by atoms with Crippen LogP contribution in [0, 0.1) is 0 Å². The molecule has 2 atom stereocenters. The summed E-state index contributed by atoms with van der Waals surface area (Å²) in [6.45, 7) is 3.17. The Morgan fingerprint density at radius 3 is 2.57 bits per heavy atom. The van der Waals surface area contributed by atoms with Crippen LogP contribution < -0.4 is 0 Å². The molecule has 0 aromatic carbocycles. The molecule has 0 amide bonds. The van der Waals surface area contributed by atoms with Crippen LogP contribution in [-0.2, 0) is 4.79 Å². The van der Waals surface area contributed by atoms with Crippen molar-refractivity contribution in [3.8, 4) is 0 Å². The normalized spacial score (nSPS) is 15.1. The fraction of sp³-hybridized carbons (Fsp3) is 0.900. The van der Waals surface area contributed by atoms with E-state index in [9.17, 15) is 13.6 Å². The van der Waals surface area contributed by atoms with E-state index in [4.69, 9.17) is 0 Å². The minimum atomic E-state index is -1.07. The zero-order valence-corrected chi connectivity index (χ0v) is 9.58. The molecule has 84 valence electrons. The fourth-order valence-electron chi connectivity index (χ4n) is 1.06. The minimum Gasteiger partial charge on any atom is -0.287 e. The molecule has 0 bridgehead atoms. The second-order valence-electron chi connectivity index (χ2n) is 3.33. The molecule has 0 rings (SSSR count). The summed E-state index contributed by atoms with van der Waals surface area (Å²) in [6, 6.07) is 0.